The van der Waals surface area contributed by atoms with Gasteiger partial charge in [0, 0.05) is 19.1 Å². The molecule has 0 aliphatic carbocycles. The van der Waals surface area contributed by atoms with Gasteiger partial charge in [0.2, 0.25) is 5.91 Å². The second-order valence-electron chi connectivity index (χ2n) is 5.89. The number of benzene rings is 1. The van der Waals surface area contributed by atoms with Gasteiger partial charge in [-0.25, -0.2) is 4.39 Å². The highest BCUT2D eigenvalue weighted by Crippen LogP contribution is 2.23. The fraction of sp³-hybridized carbons (Fsp3) is 0.562. The maximum absolute atomic E-state index is 13.9. The molecule has 21 heavy (non-hydrogen) atoms. The van der Waals surface area contributed by atoms with Crippen LogP contribution < -0.4 is 15.5 Å². The van der Waals surface area contributed by atoms with Gasteiger partial charge in [0.15, 0.2) is 0 Å². The van der Waals surface area contributed by atoms with E-state index in [2.05, 4.69) is 10.6 Å². The molecule has 2 fully saturated rings. The summed E-state index contributed by atoms with van der Waals surface area (Å²) in [6.45, 7) is 2.44. The highest BCUT2D eigenvalue weighted by atomic mass is 19.1. The van der Waals surface area contributed by atoms with E-state index in [1.54, 1.807) is 12.1 Å². The lowest BCUT2D eigenvalue weighted by Gasteiger charge is -2.35. The summed E-state index contributed by atoms with van der Waals surface area (Å²) in [5, 5.41) is 6.33. The maximum atomic E-state index is 13.9. The lowest BCUT2D eigenvalue weighted by atomic mass is 10.0. The third-order valence-electron chi connectivity index (χ3n) is 4.34. The van der Waals surface area contributed by atoms with Crippen molar-refractivity contribution in [2.75, 3.05) is 24.5 Å². The third kappa shape index (κ3) is 3.35. The number of para-hydroxylation sites is 1. The molecule has 5 heteroatoms. The Balaban J connectivity index is 1.60. The summed E-state index contributed by atoms with van der Waals surface area (Å²) in [4.78, 5) is 14.2. The molecule has 2 unspecified atom stereocenters. The van der Waals surface area contributed by atoms with E-state index in [0.717, 1.165) is 38.8 Å². The molecule has 1 amide bonds. The molecular weight excluding hydrogens is 269 g/mol. The Bertz CT molecular complexity index is 502. The number of hydrogen-bond donors (Lipinski definition) is 2. The van der Waals surface area contributed by atoms with Crippen LogP contribution in [-0.2, 0) is 4.79 Å². The number of nitrogens with one attached hydrogen (secondary N) is 2. The second-order valence-corrected chi connectivity index (χ2v) is 5.89. The minimum absolute atomic E-state index is 0.0474. The molecule has 2 N–H and O–H groups in total. The largest absolute Gasteiger partial charge is 0.367 e. The van der Waals surface area contributed by atoms with Crippen LogP contribution in [0.15, 0.2) is 24.3 Å². The Hall–Kier alpha value is -1.62. The number of piperidine rings is 1. The summed E-state index contributed by atoms with van der Waals surface area (Å²) in [5.74, 6) is -0.102. The Morgan fingerprint density at radius 3 is 2.90 bits per heavy atom. The fourth-order valence-electron chi connectivity index (χ4n) is 3.23. The lowest BCUT2D eigenvalue weighted by Crippen LogP contribution is -2.52. The fourth-order valence-corrected chi connectivity index (χ4v) is 3.23. The van der Waals surface area contributed by atoms with Crippen molar-refractivity contribution in [3.63, 3.8) is 0 Å². The van der Waals surface area contributed by atoms with Crippen molar-refractivity contribution in [2.45, 2.75) is 37.8 Å². The van der Waals surface area contributed by atoms with E-state index >= 15 is 0 Å². The Morgan fingerprint density at radius 2 is 2.14 bits per heavy atom. The molecule has 2 aliphatic rings. The Kier molecular flexibility index (Phi) is 4.39. The monoisotopic (exact) mass is 291 g/mol. The SMILES string of the molecule is O=C(NC1CCCN(c2ccccc2F)C1)C1CCCN1. The van der Waals surface area contributed by atoms with Crippen LogP contribution in [0.25, 0.3) is 0 Å². The number of rotatable bonds is 3. The topological polar surface area (TPSA) is 44.4 Å². The molecule has 114 valence electrons. The van der Waals surface area contributed by atoms with Gasteiger partial charge in [0.05, 0.1) is 11.7 Å². The Morgan fingerprint density at radius 1 is 1.29 bits per heavy atom. The van der Waals surface area contributed by atoms with Crippen LogP contribution in [0.1, 0.15) is 25.7 Å². The van der Waals surface area contributed by atoms with Crippen LogP contribution >= 0.6 is 0 Å². The van der Waals surface area contributed by atoms with E-state index in [1.807, 2.05) is 11.0 Å². The number of carbonyl (C=O) groups excluding carboxylic acids is 1. The Labute approximate surface area is 124 Å². The molecule has 0 saturated carbocycles. The first-order valence-corrected chi connectivity index (χ1v) is 7.77. The summed E-state index contributed by atoms with van der Waals surface area (Å²) in [7, 11) is 0. The van der Waals surface area contributed by atoms with Crippen LogP contribution in [0, 0.1) is 5.82 Å². The van der Waals surface area contributed by atoms with E-state index in [1.165, 1.54) is 6.07 Å². The molecular formula is C16H22FN3O. The quantitative estimate of drug-likeness (QED) is 0.890. The van der Waals surface area contributed by atoms with Crippen LogP contribution in [0.2, 0.25) is 0 Å². The first-order chi connectivity index (χ1) is 10.2. The molecule has 0 spiro atoms. The van der Waals surface area contributed by atoms with Crippen molar-refractivity contribution in [1.82, 2.24) is 10.6 Å². The van der Waals surface area contributed by atoms with Crippen molar-refractivity contribution in [3.8, 4) is 0 Å². The van der Waals surface area contributed by atoms with E-state index in [9.17, 15) is 9.18 Å². The van der Waals surface area contributed by atoms with Gasteiger partial charge in [-0.3, -0.25) is 4.79 Å². The van der Waals surface area contributed by atoms with Crippen molar-refractivity contribution < 1.29 is 9.18 Å². The molecule has 0 aromatic heterocycles. The van der Waals surface area contributed by atoms with E-state index in [0.29, 0.717) is 12.2 Å². The minimum Gasteiger partial charge on any atom is -0.367 e. The van der Waals surface area contributed by atoms with Gasteiger partial charge in [-0.05, 0) is 44.4 Å². The number of carbonyl (C=O) groups is 1. The average molecular weight is 291 g/mol. The van der Waals surface area contributed by atoms with Crippen molar-refractivity contribution in [1.29, 1.82) is 0 Å². The zero-order valence-electron chi connectivity index (χ0n) is 12.1. The molecule has 4 nitrogen and oxygen atoms in total. The van der Waals surface area contributed by atoms with Gasteiger partial charge in [-0.15, -0.1) is 0 Å². The zero-order chi connectivity index (χ0) is 14.7. The first-order valence-electron chi connectivity index (χ1n) is 7.77. The summed E-state index contributed by atoms with van der Waals surface area (Å²) in [6, 6.07) is 6.90. The summed E-state index contributed by atoms with van der Waals surface area (Å²) in [5.41, 5.74) is 0.635. The molecule has 2 heterocycles. The summed E-state index contributed by atoms with van der Waals surface area (Å²) in [6.07, 6.45) is 3.90. The number of amides is 1. The van der Waals surface area contributed by atoms with E-state index < -0.39 is 0 Å². The second kappa shape index (κ2) is 6.43. The van der Waals surface area contributed by atoms with E-state index in [-0.39, 0.29) is 23.8 Å². The first kappa shape index (κ1) is 14.3. The van der Waals surface area contributed by atoms with Gasteiger partial charge in [0.25, 0.3) is 0 Å². The third-order valence-corrected chi connectivity index (χ3v) is 4.34. The van der Waals surface area contributed by atoms with Gasteiger partial charge < -0.3 is 15.5 Å². The molecule has 0 bridgehead atoms. The van der Waals surface area contributed by atoms with Crippen LogP contribution in [0.3, 0.4) is 0 Å². The van der Waals surface area contributed by atoms with Crippen molar-refractivity contribution in [2.24, 2.45) is 0 Å². The molecule has 3 rings (SSSR count). The zero-order valence-corrected chi connectivity index (χ0v) is 12.1. The lowest BCUT2D eigenvalue weighted by molar-refractivity contribution is -0.123. The highest BCUT2D eigenvalue weighted by molar-refractivity contribution is 5.82. The predicted octanol–water partition coefficient (Wildman–Crippen LogP) is 1.66. The predicted molar refractivity (Wildman–Crippen MR) is 80.8 cm³/mol. The highest BCUT2D eigenvalue weighted by Gasteiger charge is 2.27. The number of hydrogen-bond acceptors (Lipinski definition) is 3. The van der Waals surface area contributed by atoms with Crippen LogP contribution in [0.4, 0.5) is 10.1 Å². The molecule has 2 aliphatic heterocycles. The standard InChI is InChI=1S/C16H22FN3O/c17-13-6-1-2-8-15(13)20-10-4-5-12(11-20)19-16(21)14-7-3-9-18-14/h1-2,6,8,12,14,18H,3-5,7,9-11H2,(H,19,21). The normalized spacial score (nSPS) is 25.9. The smallest absolute Gasteiger partial charge is 0.237 e. The van der Waals surface area contributed by atoms with Crippen LogP contribution in [0.5, 0.6) is 0 Å². The minimum atomic E-state index is -0.193. The molecule has 0 radical (unpaired) electrons. The maximum Gasteiger partial charge on any atom is 0.237 e. The van der Waals surface area contributed by atoms with Gasteiger partial charge in [-0.2, -0.15) is 0 Å². The van der Waals surface area contributed by atoms with Gasteiger partial charge in [-0.1, -0.05) is 12.1 Å². The number of anilines is 1. The summed E-state index contributed by atoms with van der Waals surface area (Å²) < 4.78 is 13.9. The number of halogens is 1. The van der Waals surface area contributed by atoms with Crippen molar-refractivity contribution in [3.05, 3.63) is 30.1 Å². The van der Waals surface area contributed by atoms with Crippen LogP contribution in [-0.4, -0.2) is 37.6 Å². The average Bonchev–Trinajstić information content (AvgIpc) is 3.02. The van der Waals surface area contributed by atoms with Gasteiger partial charge in [0.1, 0.15) is 5.82 Å². The van der Waals surface area contributed by atoms with E-state index in [4.69, 9.17) is 0 Å². The molecule has 1 aromatic rings. The summed E-state index contributed by atoms with van der Waals surface area (Å²) >= 11 is 0. The van der Waals surface area contributed by atoms with Gasteiger partial charge >= 0.3 is 0 Å². The molecule has 2 saturated heterocycles. The van der Waals surface area contributed by atoms with Crippen molar-refractivity contribution >= 4 is 11.6 Å². The molecule has 2 atom stereocenters. The number of nitrogens with zero attached hydrogens (tertiary/aromatic N) is 1. The molecule has 1 aromatic carbocycles.